The van der Waals surface area contributed by atoms with Gasteiger partial charge in [-0.1, -0.05) is 6.42 Å². The second kappa shape index (κ2) is 4.79. The molecule has 2 atom stereocenters. The van der Waals surface area contributed by atoms with Crippen LogP contribution in [0.3, 0.4) is 0 Å². The third-order valence-corrected chi connectivity index (χ3v) is 4.74. The predicted octanol–water partition coefficient (Wildman–Crippen LogP) is 2.29. The van der Waals surface area contributed by atoms with E-state index in [1.807, 2.05) is 0 Å². The molecule has 1 N–H and O–H groups in total. The summed E-state index contributed by atoms with van der Waals surface area (Å²) in [6.07, 6.45) is 2.11. The highest BCUT2D eigenvalue weighted by Gasteiger charge is 2.55. The van der Waals surface area contributed by atoms with Crippen LogP contribution in [0.4, 0.5) is 8.78 Å². The number of hydrogen-bond donors (Lipinski definition) is 1. The summed E-state index contributed by atoms with van der Waals surface area (Å²) in [7, 11) is 0. The minimum Gasteiger partial charge on any atom is -0.481 e. The molecule has 1 heterocycles. The van der Waals surface area contributed by atoms with Crippen molar-refractivity contribution in [2.24, 2.45) is 11.3 Å². The van der Waals surface area contributed by atoms with E-state index in [9.17, 15) is 23.5 Å². The largest absolute Gasteiger partial charge is 0.481 e. The molecule has 0 spiro atoms. The third-order valence-electron chi connectivity index (χ3n) is 4.74. The molecular formula is C15H15F2NO3. The predicted molar refractivity (Wildman–Crippen MR) is 69.7 cm³/mol. The Morgan fingerprint density at radius 3 is 2.76 bits per heavy atom. The number of carboxylic acids is 1. The minimum atomic E-state index is -0.917. The summed E-state index contributed by atoms with van der Waals surface area (Å²) >= 11 is 0. The van der Waals surface area contributed by atoms with Crippen molar-refractivity contribution in [2.45, 2.75) is 19.3 Å². The molecule has 0 aromatic heterocycles. The Kier molecular flexibility index (Phi) is 3.19. The van der Waals surface area contributed by atoms with Gasteiger partial charge >= 0.3 is 5.97 Å². The van der Waals surface area contributed by atoms with Crippen LogP contribution < -0.4 is 0 Å². The number of aliphatic carboxylic acids is 1. The molecule has 6 heteroatoms. The fourth-order valence-corrected chi connectivity index (χ4v) is 3.63. The highest BCUT2D eigenvalue weighted by atomic mass is 19.1. The van der Waals surface area contributed by atoms with E-state index in [4.69, 9.17) is 0 Å². The molecule has 1 aliphatic carbocycles. The van der Waals surface area contributed by atoms with E-state index in [1.54, 1.807) is 0 Å². The van der Waals surface area contributed by atoms with Gasteiger partial charge in [-0.05, 0) is 37.0 Å². The molecule has 2 aliphatic rings. The van der Waals surface area contributed by atoms with Crippen LogP contribution in [0.2, 0.25) is 0 Å². The molecule has 1 saturated heterocycles. The van der Waals surface area contributed by atoms with E-state index in [1.165, 1.54) is 4.90 Å². The molecular weight excluding hydrogens is 280 g/mol. The number of benzene rings is 1. The van der Waals surface area contributed by atoms with Gasteiger partial charge in [-0.15, -0.1) is 0 Å². The van der Waals surface area contributed by atoms with Crippen molar-refractivity contribution in [3.8, 4) is 0 Å². The van der Waals surface area contributed by atoms with E-state index in [0.717, 1.165) is 31.0 Å². The summed E-state index contributed by atoms with van der Waals surface area (Å²) in [6, 6.07) is 2.72. The zero-order valence-electron chi connectivity index (χ0n) is 11.3. The SMILES string of the molecule is O=C(c1cc(F)ccc1F)N1C[C@@H]2CCC[C@@]2(C(=O)O)C1. The van der Waals surface area contributed by atoms with Crippen molar-refractivity contribution in [1.29, 1.82) is 0 Å². The van der Waals surface area contributed by atoms with Crippen LogP contribution >= 0.6 is 0 Å². The molecule has 1 amide bonds. The van der Waals surface area contributed by atoms with Crippen LogP contribution in [-0.2, 0) is 4.79 Å². The van der Waals surface area contributed by atoms with E-state index in [2.05, 4.69) is 0 Å². The number of carbonyl (C=O) groups is 2. The maximum atomic E-state index is 13.7. The maximum Gasteiger partial charge on any atom is 0.311 e. The van der Waals surface area contributed by atoms with Gasteiger partial charge in [-0.25, -0.2) is 8.78 Å². The summed E-state index contributed by atoms with van der Waals surface area (Å²) < 4.78 is 26.9. The molecule has 112 valence electrons. The number of nitrogens with zero attached hydrogens (tertiary/aromatic N) is 1. The maximum absolute atomic E-state index is 13.7. The number of carbonyl (C=O) groups excluding carboxylic acids is 1. The molecule has 0 radical (unpaired) electrons. The van der Waals surface area contributed by atoms with Gasteiger partial charge < -0.3 is 10.0 Å². The van der Waals surface area contributed by atoms with Crippen LogP contribution in [0.5, 0.6) is 0 Å². The van der Waals surface area contributed by atoms with Gasteiger partial charge in [0.1, 0.15) is 11.6 Å². The number of amides is 1. The van der Waals surface area contributed by atoms with Crippen LogP contribution in [0, 0.1) is 23.0 Å². The Labute approximate surface area is 120 Å². The molecule has 4 nitrogen and oxygen atoms in total. The van der Waals surface area contributed by atoms with Crippen molar-refractivity contribution in [1.82, 2.24) is 4.90 Å². The topological polar surface area (TPSA) is 57.6 Å². The van der Waals surface area contributed by atoms with E-state index in [-0.39, 0.29) is 18.0 Å². The van der Waals surface area contributed by atoms with Gasteiger partial charge in [0.15, 0.2) is 0 Å². The van der Waals surface area contributed by atoms with Gasteiger partial charge in [-0.3, -0.25) is 9.59 Å². The number of likely N-dealkylation sites (tertiary alicyclic amines) is 1. The van der Waals surface area contributed by atoms with Gasteiger partial charge in [0.2, 0.25) is 0 Å². The Morgan fingerprint density at radius 2 is 2.10 bits per heavy atom. The third kappa shape index (κ3) is 2.09. The number of fused-ring (bicyclic) bond motifs is 1. The van der Waals surface area contributed by atoms with E-state index < -0.39 is 28.9 Å². The first kappa shape index (κ1) is 14.0. The molecule has 21 heavy (non-hydrogen) atoms. The van der Waals surface area contributed by atoms with Gasteiger partial charge in [0, 0.05) is 13.1 Å². The molecule has 0 bridgehead atoms. The van der Waals surface area contributed by atoms with Gasteiger partial charge in [0.05, 0.1) is 11.0 Å². The first-order valence-corrected chi connectivity index (χ1v) is 6.92. The molecule has 3 rings (SSSR count). The normalized spacial score (nSPS) is 27.7. The average molecular weight is 295 g/mol. The van der Waals surface area contributed by atoms with Crippen LogP contribution in [0.15, 0.2) is 18.2 Å². The lowest BCUT2D eigenvalue weighted by molar-refractivity contribution is -0.149. The lowest BCUT2D eigenvalue weighted by Crippen LogP contribution is -2.37. The number of carboxylic acid groups (broad SMARTS) is 1. The first-order valence-electron chi connectivity index (χ1n) is 6.92. The summed E-state index contributed by atoms with van der Waals surface area (Å²) in [6.45, 7) is 0.364. The Bertz CT molecular complexity index is 619. The summed E-state index contributed by atoms with van der Waals surface area (Å²) in [5.74, 6) is -3.12. The first-order chi connectivity index (χ1) is 9.94. The monoisotopic (exact) mass is 295 g/mol. The molecule has 1 aromatic carbocycles. The molecule has 1 aromatic rings. The fourth-order valence-electron chi connectivity index (χ4n) is 3.63. The highest BCUT2D eigenvalue weighted by Crippen LogP contribution is 2.49. The minimum absolute atomic E-state index is 0.0712. The smallest absolute Gasteiger partial charge is 0.311 e. The Morgan fingerprint density at radius 1 is 1.33 bits per heavy atom. The van der Waals surface area contributed by atoms with Crippen molar-refractivity contribution >= 4 is 11.9 Å². The highest BCUT2D eigenvalue weighted by molar-refractivity contribution is 5.95. The molecule has 1 aliphatic heterocycles. The number of hydrogen-bond acceptors (Lipinski definition) is 2. The van der Waals surface area contributed by atoms with Crippen molar-refractivity contribution in [3.05, 3.63) is 35.4 Å². The second-order valence-corrected chi connectivity index (χ2v) is 5.86. The zero-order chi connectivity index (χ0) is 15.2. The number of rotatable bonds is 2. The lowest BCUT2D eigenvalue weighted by atomic mass is 9.81. The molecule has 2 fully saturated rings. The van der Waals surface area contributed by atoms with Crippen molar-refractivity contribution < 1.29 is 23.5 Å². The van der Waals surface area contributed by atoms with Crippen molar-refractivity contribution in [3.63, 3.8) is 0 Å². The average Bonchev–Trinajstić information content (AvgIpc) is 2.98. The summed E-state index contributed by atoms with van der Waals surface area (Å²) in [4.78, 5) is 25.2. The Balaban J connectivity index is 1.88. The van der Waals surface area contributed by atoms with Crippen molar-refractivity contribution in [2.75, 3.05) is 13.1 Å². The van der Waals surface area contributed by atoms with Crippen LogP contribution in [-0.4, -0.2) is 35.0 Å². The Hall–Kier alpha value is -1.98. The zero-order valence-corrected chi connectivity index (χ0v) is 11.3. The summed E-state index contributed by atoms with van der Waals surface area (Å²) in [5, 5.41) is 9.47. The quantitative estimate of drug-likeness (QED) is 0.910. The van der Waals surface area contributed by atoms with Gasteiger partial charge in [-0.2, -0.15) is 0 Å². The lowest BCUT2D eigenvalue weighted by Gasteiger charge is -2.23. The fraction of sp³-hybridized carbons (Fsp3) is 0.467. The summed E-state index contributed by atoms with van der Waals surface area (Å²) in [5.41, 5.74) is -1.25. The standard InChI is InChI=1S/C15H15F2NO3/c16-10-3-4-12(17)11(6-10)13(19)18-7-9-2-1-5-15(9,8-18)14(20)21/h3-4,6,9H,1-2,5,7-8H2,(H,20,21)/t9-,15+/m0/s1. The van der Waals surface area contributed by atoms with Crippen LogP contribution in [0.1, 0.15) is 29.6 Å². The van der Waals surface area contributed by atoms with E-state index >= 15 is 0 Å². The number of halogens is 2. The molecule has 1 saturated carbocycles. The second-order valence-electron chi connectivity index (χ2n) is 5.86. The van der Waals surface area contributed by atoms with Gasteiger partial charge in [0.25, 0.3) is 5.91 Å². The van der Waals surface area contributed by atoms with E-state index in [0.29, 0.717) is 13.0 Å². The molecule has 0 unspecified atom stereocenters. The van der Waals surface area contributed by atoms with Crippen LogP contribution in [0.25, 0.3) is 0 Å².